The number of nitrogens with one attached hydrogen (secondary N) is 1. The summed E-state index contributed by atoms with van der Waals surface area (Å²) in [5, 5.41) is 7.06. The number of terminal acetylenes is 1. The first-order valence-corrected chi connectivity index (χ1v) is 3.77. The average Bonchev–Trinajstić information content (AvgIpc) is 2.70. The van der Waals surface area contributed by atoms with E-state index in [1.807, 2.05) is 13.0 Å². The third-order valence-electron chi connectivity index (χ3n) is 2.22. The smallest absolute Gasteiger partial charge is 0.0805 e. The first kappa shape index (κ1) is 6.48. The Balaban J connectivity index is 2.38. The summed E-state index contributed by atoms with van der Waals surface area (Å²) in [5.74, 6) is 2.80. The highest BCUT2D eigenvalue weighted by molar-refractivity contribution is 5.36. The Bertz CT molecular complexity index is 313. The van der Waals surface area contributed by atoms with Gasteiger partial charge >= 0.3 is 0 Å². The van der Waals surface area contributed by atoms with Crippen LogP contribution in [0.4, 0.5) is 0 Å². The first-order chi connectivity index (χ1) is 5.27. The highest BCUT2D eigenvalue weighted by Gasteiger charge is 2.44. The fraction of sp³-hybridized carbons (Fsp3) is 0.444. The van der Waals surface area contributed by atoms with Gasteiger partial charge in [0.2, 0.25) is 0 Å². The summed E-state index contributed by atoms with van der Waals surface area (Å²) in [7, 11) is 0. The fourth-order valence-corrected chi connectivity index (χ4v) is 1.26. The molecule has 0 atom stereocenters. The molecule has 1 saturated carbocycles. The molecule has 1 aliphatic carbocycles. The minimum absolute atomic E-state index is 0.00917. The summed E-state index contributed by atoms with van der Waals surface area (Å²) >= 11 is 0. The molecule has 0 spiro atoms. The minimum Gasteiger partial charge on any atom is -0.283 e. The first-order valence-electron chi connectivity index (χ1n) is 3.77. The maximum atomic E-state index is 5.41. The molecule has 0 amide bonds. The molecule has 0 bridgehead atoms. The topological polar surface area (TPSA) is 28.7 Å². The Hall–Kier alpha value is -1.23. The predicted molar refractivity (Wildman–Crippen MR) is 43.1 cm³/mol. The Kier molecular flexibility index (Phi) is 1.11. The molecule has 0 radical (unpaired) electrons. The molecule has 1 heterocycles. The van der Waals surface area contributed by atoms with Crippen molar-refractivity contribution in [3.8, 4) is 12.3 Å². The number of aromatic amines is 1. The van der Waals surface area contributed by atoms with Crippen LogP contribution in [0.2, 0.25) is 0 Å². The van der Waals surface area contributed by atoms with Crippen LogP contribution in [0.1, 0.15) is 24.2 Å². The van der Waals surface area contributed by atoms with Crippen molar-refractivity contribution in [1.29, 1.82) is 0 Å². The summed E-state index contributed by atoms with van der Waals surface area (Å²) < 4.78 is 0. The maximum absolute atomic E-state index is 5.41. The number of hydrogen-bond acceptors (Lipinski definition) is 1. The van der Waals surface area contributed by atoms with E-state index in [1.165, 1.54) is 0 Å². The van der Waals surface area contributed by atoms with Crippen LogP contribution in [0, 0.1) is 19.3 Å². The molecule has 11 heavy (non-hydrogen) atoms. The molecule has 1 N–H and O–H groups in total. The molecule has 56 valence electrons. The van der Waals surface area contributed by atoms with Crippen LogP contribution >= 0.6 is 0 Å². The van der Waals surface area contributed by atoms with E-state index in [-0.39, 0.29) is 5.41 Å². The Labute approximate surface area is 66.0 Å². The van der Waals surface area contributed by atoms with Crippen LogP contribution in [0.5, 0.6) is 0 Å². The Morgan fingerprint density at radius 1 is 1.73 bits per heavy atom. The summed E-state index contributed by atoms with van der Waals surface area (Å²) in [6, 6.07) is 2.03. The van der Waals surface area contributed by atoms with Crippen LogP contribution in [0.3, 0.4) is 0 Å². The van der Waals surface area contributed by atoms with Gasteiger partial charge in [-0.1, -0.05) is 5.92 Å². The van der Waals surface area contributed by atoms with Crippen LogP contribution in [0.15, 0.2) is 6.07 Å². The third-order valence-corrected chi connectivity index (χ3v) is 2.22. The Morgan fingerprint density at radius 2 is 2.45 bits per heavy atom. The largest absolute Gasteiger partial charge is 0.283 e. The molecule has 1 aliphatic rings. The van der Waals surface area contributed by atoms with Gasteiger partial charge in [-0.25, -0.2) is 0 Å². The second-order valence-corrected chi connectivity index (χ2v) is 3.16. The van der Waals surface area contributed by atoms with E-state index >= 15 is 0 Å². The van der Waals surface area contributed by atoms with E-state index in [1.54, 1.807) is 0 Å². The summed E-state index contributed by atoms with van der Waals surface area (Å²) in [6.07, 6.45) is 7.59. The van der Waals surface area contributed by atoms with Gasteiger partial charge in [0.25, 0.3) is 0 Å². The van der Waals surface area contributed by atoms with Gasteiger partial charge in [0.1, 0.15) is 0 Å². The molecule has 2 heteroatoms. The predicted octanol–water partition coefficient (Wildman–Crippen LogP) is 1.38. The van der Waals surface area contributed by atoms with Gasteiger partial charge in [-0.3, -0.25) is 5.10 Å². The molecule has 1 fully saturated rings. The van der Waals surface area contributed by atoms with E-state index in [0.717, 1.165) is 24.2 Å². The number of nitrogens with zero attached hydrogens (tertiary/aromatic N) is 1. The van der Waals surface area contributed by atoms with Crippen molar-refractivity contribution in [3.05, 3.63) is 17.5 Å². The van der Waals surface area contributed by atoms with E-state index in [4.69, 9.17) is 6.42 Å². The van der Waals surface area contributed by atoms with Gasteiger partial charge in [0, 0.05) is 5.69 Å². The highest BCUT2D eigenvalue weighted by atomic mass is 15.1. The lowest BCUT2D eigenvalue weighted by Crippen LogP contribution is -2.02. The third kappa shape index (κ3) is 0.848. The zero-order valence-electron chi connectivity index (χ0n) is 6.52. The molecule has 2 nitrogen and oxygen atoms in total. The maximum Gasteiger partial charge on any atom is 0.0805 e. The van der Waals surface area contributed by atoms with Crippen molar-refractivity contribution in [3.63, 3.8) is 0 Å². The minimum atomic E-state index is -0.00917. The lowest BCUT2D eigenvalue weighted by atomic mass is 10.0. The van der Waals surface area contributed by atoms with Crippen molar-refractivity contribution in [1.82, 2.24) is 10.2 Å². The molecule has 0 aliphatic heterocycles. The van der Waals surface area contributed by atoms with Crippen LogP contribution in [-0.4, -0.2) is 10.2 Å². The molecule has 2 rings (SSSR count). The van der Waals surface area contributed by atoms with Gasteiger partial charge < -0.3 is 0 Å². The zero-order valence-corrected chi connectivity index (χ0v) is 6.52. The van der Waals surface area contributed by atoms with Crippen LogP contribution in [0.25, 0.3) is 0 Å². The molecule has 1 aromatic rings. The van der Waals surface area contributed by atoms with Gasteiger partial charge in [0.15, 0.2) is 0 Å². The summed E-state index contributed by atoms with van der Waals surface area (Å²) in [4.78, 5) is 0. The highest BCUT2D eigenvalue weighted by Crippen LogP contribution is 2.46. The molecule has 0 saturated heterocycles. The average molecular weight is 146 g/mol. The van der Waals surface area contributed by atoms with Crippen molar-refractivity contribution in [2.45, 2.75) is 25.2 Å². The zero-order chi connectivity index (χ0) is 7.90. The number of H-pyrrole nitrogens is 1. The number of hydrogen-bond donors (Lipinski definition) is 1. The van der Waals surface area contributed by atoms with Gasteiger partial charge in [-0.2, -0.15) is 5.10 Å². The van der Waals surface area contributed by atoms with Crippen molar-refractivity contribution >= 4 is 0 Å². The van der Waals surface area contributed by atoms with Gasteiger partial charge in [-0.15, -0.1) is 6.42 Å². The van der Waals surface area contributed by atoms with Gasteiger partial charge in [0.05, 0.1) is 11.1 Å². The SMILES string of the molecule is C#CC1(c2cc(C)[nH]n2)CC1. The summed E-state index contributed by atoms with van der Waals surface area (Å²) in [6.45, 7) is 1.99. The van der Waals surface area contributed by atoms with Crippen LogP contribution < -0.4 is 0 Å². The molecule has 1 aromatic heterocycles. The lowest BCUT2D eigenvalue weighted by Gasteiger charge is -1.99. The quantitative estimate of drug-likeness (QED) is 0.596. The van der Waals surface area contributed by atoms with Crippen LogP contribution in [-0.2, 0) is 5.41 Å². The second kappa shape index (κ2) is 1.88. The van der Waals surface area contributed by atoms with Gasteiger partial charge in [-0.05, 0) is 25.8 Å². The standard InChI is InChI=1S/C9H10N2/c1-3-9(4-5-9)8-6-7(2)10-11-8/h1,6H,4-5H2,2H3,(H,10,11). The second-order valence-electron chi connectivity index (χ2n) is 3.16. The van der Waals surface area contributed by atoms with E-state index in [2.05, 4.69) is 16.1 Å². The monoisotopic (exact) mass is 146 g/mol. The fourth-order valence-electron chi connectivity index (χ4n) is 1.26. The van der Waals surface area contributed by atoms with E-state index < -0.39 is 0 Å². The van der Waals surface area contributed by atoms with E-state index in [0.29, 0.717) is 0 Å². The number of rotatable bonds is 1. The molecule has 0 aromatic carbocycles. The molecular weight excluding hydrogens is 136 g/mol. The normalized spacial score (nSPS) is 19.3. The lowest BCUT2D eigenvalue weighted by molar-refractivity contribution is 0.849. The number of aryl methyl sites for hydroxylation is 1. The van der Waals surface area contributed by atoms with Crippen molar-refractivity contribution in [2.75, 3.05) is 0 Å². The summed E-state index contributed by atoms with van der Waals surface area (Å²) in [5.41, 5.74) is 2.11. The molecule has 0 unspecified atom stereocenters. The van der Waals surface area contributed by atoms with Crippen molar-refractivity contribution in [2.24, 2.45) is 0 Å². The molecular formula is C9H10N2. The van der Waals surface area contributed by atoms with Crippen molar-refractivity contribution < 1.29 is 0 Å². The number of aromatic nitrogens is 2. The Morgan fingerprint density at radius 3 is 2.82 bits per heavy atom. The van der Waals surface area contributed by atoms with E-state index in [9.17, 15) is 0 Å².